The van der Waals surface area contributed by atoms with Gasteiger partial charge in [-0.1, -0.05) is 222 Å². The fraction of sp³-hybridized carbons (Fsp3) is 0.741. The molecule has 0 aliphatic carbocycles. The maximum absolute atomic E-state index is 12.8. The molecule has 0 saturated heterocycles. The predicted molar refractivity (Wildman–Crippen MR) is 274 cm³/mol. The average Bonchev–Trinajstić information content (AvgIpc) is 3.29. The standard InChI is InChI=1S/C58H100O6/c1-4-7-10-13-16-19-22-25-27-28-29-30-32-33-36-39-42-45-48-51-57(60)63-54-55(53-62-56(59)50-47-44-41-38-35-24-21-18-15-12-9-6-3)64-58(61)52-49-46-43-40-37-34-31-26-23-20-17-14-11-8-5-2/h7,10,16,19,25-27,29-31,33,36,55H,4-6,8-9,11-15,17-18,20-24,28,32,34-35,37-54H2,1-3H3/b10-7-,19-16-,27-25-,30-29-,31-26-,36-33-. The summed E-state index contributed by atoms with van der Waals surface area (Å²) in [4.78, 5) is 38.0. The fourth-order valence-electron chi connectivity index (χ4n) is 7.40. The second-order valence-electron chi connectivity index (χ2n) is 17.8. The summed E-state index contributed by atoms with van der Waals surface area (Å²) >= 11 is 0. The first-order valence-electron chi connectivity index (χ1n) is 26.9. The minimum absolute atomic E-state index is 0.0876. The van der Waals surface area contributed by atoms with Gasteiger partial charge in [-0.05, 0) is 89.9 Å². The largest absolute Gasteiger partial charge is 0.462 e. The molecule has 0 saturated carbocycles. The highest BCUT2D eigenvalue weighted by Gasteiger charge is 2.19. The number of esters is 3. The summed E-state index contributed by atoms with van der Waals surface area (Å²) < 4.78 is 16.8. The van der Waals surface area contributed by atoms with Crippen molar-refractivity contribution in [2.45, 2.75) is 264 Å². The lowest BCUT2D eigenvalue weighted by Gasteiger charge is -2.18. The van der Waals surface area contributed by atoms with Crippen LogP contribution in [0.4, 0.5) is 0 Å². The van der Waals surface area contributed by atoms with Crippen LogP contribution in [0, 0.1) is 0 Å². The van der Waals surface area contributed by atoms with Gasteiger partial charge in [0.25, 0.3) is 0 Å². The van der Waals surface area contributed by atoms with Crippen molar-refractivity contribution in [1.29, 1.82) is 0 Å². The van der Waals surface area contributed by atoms with Crippen LogP contribution in [0.5, 0.6) is 0 Å². The number of rotatable bonds is 48. The van der Waals surface area contributed by atoms with E-state index in [0.29, 0.717) is 19.3 Å². The van der Waals surface area contributed by atoms with E-state index in [-0.39, 0.29) is 31.1 Å². The van der Waals surface area contributed by atoms with Crippen LogP contribution < -0.4 is 0 Å². The van der Waals surface area contributed by atoms with Gasteiger partial charge in [0.2, 0.25) is 0 Å². The molecule has 0 aromatic rings. The van der Waals surface area contributed by atoms with Crippen molar-refractivity contribution in [3.63, 3.8) is 0 Å². The van der Waals surface area contributed by atoms with Crippen molar-refractivity contribution in [2.24, 2.45) is 0 Å². The summed E-state index contributed by atoms with van der Waals surface area (Å²) in [6.07, 6.45) is 66.0. The zero-order valence-corrected chi connectivity index (χ0v) is 42.0. The number of ether oxygens (including phenoxy) is 3. The average molecular weight is 893 g/mol. The number of hydrogen-bond acceptors (Lipinski definition) is 6. The van der Waals surface area contributed by atoms with E-state index in [9.17, 15) is 14.4 Å². The van der Waals surface area contributed by atoms with Crippen molar-refractivity contribution in [3.05, 3.63) is 72.9 Å². The van der Waals surface area contributed by atoms with Gasteiger partial charge in [0.1, 0.15) is 13.2 Å². The molecule has 0 rings (SSSR count). The summed E-state index contributed by atoms with van der Waals surface area (Å²) in [7, 11) is 0. The number of allylic oxidation sites excluding steroid dienone is 12. The molecule has 64 heavy (non-hydrogen) atoms. The maximum Gasteiger partial charge on any atom is 0.306 e. The summed E-state index contributed by atoms with van der Waals surface area (Å²) in [5.41, 5.74) is 0. The molecule has 0 radical (unpaired) electrons. The van der Waals surface area contributed by atoms with Gasteiger partial charge >= 0.3 is 17.9 Å². The SMILES string of the molecule is CC/C=C\C/C=C\C/C=C\C/C=C\C/C=C\CCCCCC(=O)OCC(COC(=O)CCCCCCCCCCCCCC)OC(=O)CCCCCCC/C=C\CCCCCCCC. The monoisotopic (exact) mass is 893 g/mol. The minimum Gasteiger partial charge on any atom is -0.462 e. The molecule has 1 atom stereocenters. The summed E-state index contributed by atoms with van der Waals surface area (Å²) in [5.74, 6) is -0.925. The first-order valence-corrected chi connectivity index (χ1v) is 26.9. The molecule has 1 unspecified atom stereocenters. The van der Waals surface area contributed by atoms with Crippen LogP contribution in [-0.2, 0) is 28.6 Å². The van der Waals surface area contributed by atoms with Gasteiger partial charge in [-0.2, -0.15) is 0 Å². The van der Waals surface area contributed by atoms with Gasteiger partial charge in [0, 0.05) is 19.3 Å². The van der Waals surface area contributed by atoms with Gasteiger partial charge in [-0.25, -0.2) is 0 Å². The molecule has 0 spiro atoms. The van der Waals surface area contributed by atoms with Gasteiger partial charge in [0.05, 0.1) is 0 Å². The van der Waals surface area contributed by atoms with Crippen molar-refractivity contribution in [2.75, 3.05) is 13.2 Å². The summed E-state index contributed by atoms with van der Waals surface area (Å²) in [6.45, 7) is 6.49. The molecular formula is C58H100O6. The first kappa shape index (κ1) is 60.9. The van der Waals surface area contributed by atoms with Gasteiger partial charge < -0.3 is 14.2 Å². The van der Waals surface area contributed by atoms with Gasteiger partial charge in [-0.3, -0.25) is 14.4 Å². The van der Waals surface area contributed by atoms with Crippen LogP contribution in [0.25, 0.3) is 0 Å². The summed E-state index contributed by atoms with van der Waals surface area (Å²) in [5, 5.41) is 0. The molecule has 0 bridgehead atoms. The summed E-state index contributed by atoms with van der Waals surface area (Å²) in [6, 6.07) is 0. The van der Waals surface area contributed by atoms with Gasteiger partial charge in [0.15, 0.2) is 6.10 Å². The van der Waals surface area contributed by atoms with Crippen LogP contribution >= 0.6 is 0 Å². The Morgan fingerprint density at radius 2 is 0.609 bits per heavy atom. The van der Waals surface area contributed by atoms with E-state index >= 15 is 0 Å². The Bertz CT molecular complexity index is 1210. The topological polar surface area (TPSA) is 78.9 Å². The lowest BCUT2D eigenvalue weighted by atomic mass is 10.0. The third kappa shape index (κ3) is 49.9. The van der Waals surface area contributed by atoms with Crippen molar-refractivity contribution in [3.8, 4) is 0 Å². The molecule has 6 nitrogen and oxygen atoms in total. The molecule has 0 fully saturated rings. The zero-order valence-electron chi connectivity index (χ0n) is 42.0. The quantitative estimate of drug-likeness (QED) is 0.0262. The molecule has 0 N–H and O–H groups in total. The highest BCUT2D eigenvalue weighted by molar-refractivity contribution is 5.71. The van der Waals surface area contributed by atoms with E-state index in [1.807, 2.05) is 0 Å². The highest BCUT2D eigenvalue weighted by Crippen LogP contribution is 2.15. The van der Waals surface area contributed by atoms with E-state index < -0.39 is 6.10 Å². The van der Waals surface area contributed by atoms with E-state index in [0.717, 1.165) is 109 Å². The van der Waals surface area contributed by atoms with Crippen LogP contribution in [-0.4, -0.2) is 37.2 Å². The second kappa shape index (κ2) is 52.5. The minimum atomic E-state index is -0.791. The Morgan fingerprint density at radius 3 is 0.984 bits per heavy atom. The van der Waals surface area contributed by atoms with Crippen LogP contribution in [0.2, 0.25) is 0 Å². The Morgan fingerprint density at radius 1 is 0.328 bits per heavy atom. The smallest absolute Gasteiger partial charge is 0.306 e. The molecule has 0 heterocycles. The maximum atomic E-state index is 12.8. The van der Waals surface area contributed by atoms with Crippen LogP contribution in [0.1, 0.15) is 258 Å². The molecular weight excluding hydrogens is 793 g/mol. The number of carbonyl (C=O) groups excluding carboxylic acids is 3. The normalized spacial score (nSPS) is 12.6. The Hall–Kier alpha value is -3.15. The molecule has 0 aromatic heterocycles. The molecule has 0 aliphatic rings. The number of unbranched alkanes of at least 4 members (excludes halogenated alkanes) is 25. The van der Waals surface area contributed by atoms with E-state index in [1.165, 1.54) is 109 Å². The van der Waals surface area contributed by atoms with Crippen molar-refractivity contribution in [1.82, 2.24) is 0 Å². The highest BCUT2D eigenvalue weighted by atomic mass is 16.6. The fourth-order valence-corrected chi connectivity index (χ4v) is 7.40. The predicted octanol–water partition coefficient (Wildman–Crippen LogP) is 17.8. The lowest BCUT2D eigenvalue weighted by Crippen LogP contribution is -2.30. The Kier molecular flexibility index (Phi) is 49.9. The van der Waals surface area contributed by atoms with Crippen molar-refractivity contribution >= 4 is 17.9 Å². The van der Waals surface area contributed by atoms with E-state index in [1.54, 1.807) is 0 Å². The molecule has 0 aromatic carbocycles. The second-order valence-corrected chi connectivity index (χ2v) is 17.8. The number of hydrogen-bond donors (Lipinski definition) is 0. The van der Waals surface area contributed by atoms with E-state index in [2.05, 4.69) is 93.7 Å². The molecule has 6 heteroatoms. The number of carbonyl (C=O) groups is 3. The van der Waals surface area contributed by atoms with Crippen LogP contribution in [0.15, 0.2) is 72.9 Å². The third-order valence-corrected chi connectivity index (χ3v) is 11.4. The third-order valence-electron chi connectivity index (χ3n) is 11.4. The van der Waals surface area contributed by atoms with Crippen molar-refractivity contribution < 1.29 is 28.6 Å². The molecule has 368 valence electrons. The Labute approximate surface area is 395 Å². The lowest BCUT2D eigenvalue weighted by molar-refractivity contribution is -0.167. The van der Waals surface area contributed by atoms with E-state index in [4.69, 9.17) is 14.2 Å². The zero-order chi connectivity index (χ0) is 46.5. The van der Waals surface area contributed by atoms with Crippen LogP contribution in [0.3, 0.4) is 0 Å². The van der Waals surface area contributed by atoms with Gasteiger partial charge in [-0.15, -0.1) is 0 Å². The Balaban J connectivity index is 4.43. The molecule has 0 aliphatic heterocycles. The first-order chi connectivity index (χ1) is 31.5. The molecule has 0 amide bonds.